The average Bonchev–Trinajstić information content (AvgIpc) is 3.00. The summed E-state index contributed by atoms with van der Waals surface area (Å²) < 4.78 is 43.6. The Hall–Kier alpha value is -3.43. The fourth-order valence-corrected chi connectivity index (χ4v) is 2.98. The maximum atomic E-state index is 12.9. The summed E-state index contributed by atoms with van der Waals surface area (Å²) in [5.41, 5.74) is 14.6. The second-order valence-electron chi connectivity index (χ2n) is 7.86. The highest BCUT2D eigenvalue weighted by molar-refractivity contribution is 5.84. The summed E-state index contributed by atoms with van der Waals surface area (Å²) in [5, 5.41) is 3.60. The van der Waals surface area contributed by atoms with E-state index in [1.165, 1.54) is 12.1 Å². The van der Waals surface area contributed by atoms with Crippen molar-refractivity contribution in [2.24, 2.45) is 21.6 Å². The number of allylic oxidation sites excluding steroid dienone is 4. The predicted octanol–water partition coefficient (Wildman–Crippen LogP) is 4.95. The number of hydrogen-bond donors (Lipinski definition) is 3. The molecule has 0 aromatic heterocycles. The zero-order valence-electron chi connectivity index (χ0n) is 21.4. The molecule has 0 saturated carbocycles. The van der Waals surface area contributed by atoms with Crippen molar-refractivity contribution in [2.45, 2.75) is 45.7 Å². The zero-order chi connectivity index (χ0) is 26.9. The molecular weight excluding hydrogens is 457 g/mol. The van der Waals surface area contributed by atoms with Crippen LogP contribution in [0.2, 0.25) is 0 Å². The Kier molecular flexibility index (Phi) is 15.4. The zero-order valence-corrected chi connectivity index (χ0v) is 21.4. The van der Waals surface area contributed by atoms with Gasteiger partial charge in [-0.1, -0.05) is 37.3 Å². The third-order valence-corrected chi connectivity index (χ3v) is 4.46. The molecule has 0 bridgehead atoms. The second kappa shape index (κ2) is 17.1. The summed E-state index contributed by atoms with van der Waals surface area (Å²) in [6.45, 7) is 6.01. The normalized spacial score (nSPS) is 14.4. The van der Waals surface area contributed by atoms with E-state index in [0.29, 0.717) is 18.8 Å². The minimum Gasteiger partial charge on any atom is -0.481 e. The smallest absolute Gasteiger partial charge is 0.416 e. The lowest BCUT2D eigenvalue weighted by atomic mass is 9.92. The van der Waals surface area contributed by atoms with Gasteiger partial charge in [0.15, 0.2) is 0 Å². The maximum Gasteiger partial charge on any atom is 0.416 e. The molecule has 35 heavy (non-hydrogen) atoms. The van der Waals surface area contributed by atoms with Gasteiger partial charge in [0.25, 0.3) is 0 Å². The van der Waals surface area contributed by atoms with Crippen molar-refractivity contribution in [3.63, 3.8) is 0 Å². The molecule has 1 unspecified atom stereocenters. The van der Waals surface area contributed by atoms with Crippen molar-refractivity contribution in [3.8, 4) is 0 Å². The Balaban J connectivity index is 0.000000569. The van der Waals surface area contributed by atoms with Gasteiger partial charge < -0.3 is 26.5 Å². The van der Waals surface area contributed by atoms with E-state index < -0.39 is 11.7 Å². The number of aliphatic imine (C=N–C) groups is 1. The fourth-order valence-electron chi connectivity index (χ4n) is 2.98. The molecule has 10 heteroatoms. The van der Waals surface area contributed by atoms with Gasteiger partial charge >= 0.3 is 6.18 Å². The average molecular weight is 497 g/mol. The molecule has 0 spiro atoms. The van der Waals surface area contributed by atoms with E-state index in [-0.39, 0.29) is 11.5 Å². The first kappa shape index (κ1) is 31.6. The van der Waals surface area contributed by atoms with Gasteiger partial charge in [-0.2, -0.15) is 18.3 Å². The number of rotatable bonds is 7. The highest BCUT2D eigenvalue weighted by Crippen LogP contribution is 2.35. The summed E-state index contributed by atoms with van der Waals surface area (Å²) in [6.07, 6.45) is 5.98. The summed E-state index contributed by atoms with van der Waals surface area (Å²) >= 11 is 0. The first-order chi connectivity index (χ1) is 16.5. The minimum atomic E-state index is -4.33. The number of nitrogens with zero attached hydrogens (tertiary/aromatic N) is 3. The number of benzene rings is 1. The number of halogens is 3. The number of methoxy groups -OCH3 is 1. The van der Waals surface area contributed by atoms with E-state index in [1.54, 1.807) is 13.2 Å². The molecule has 1 atom stereocenters. The molecule has 0 amide bonds. The van der Waals surface area contributed by atoms with Crippen LogP contribution in [0.1, 0.15) is 50.7 Å². The largest absolute Gasteiger partial charge is 0.481 e. The van der Waals surface area contributed by atoms with Crippen molar-refractivity contribution in [2.75, 3.05) is 27.7 Å². The molecule has 2 rings (SSSR count). The minimum absolute atomic E-state index is 0.258. The number of alkyl halides is 3. The lowest BCUT2D eigenvalue weighted by Gasteiger charge is -2.20. The van der Waals surface area contributed by atoms with E-state index in [0.717, 1.165) is 30.2 Å². The summed E-state index contributed by atoms with van der Waals surface area (Å²) in [5.74, 6) is 0.428. The van der Waals surface area contributed by atoms with Crippen LogP contribution < -0.4 is 16.9 Å². The van der Waals surface area contributed by atoms with Crippen LogP contribution >= 0.6 is 0 Å². The second-order valence-corrected chi connectivity index (χ2v) is 7.86. The van der Waals surface area contributed by atoms with Gasteiger partial charge in [-0.3, -0.25) is 0 Å². The van der Waals surface area contributed by atoms with Gasteiger partial charge in [-0.15, -0.1) is 0 Å². The Morgan fingerprint density at radius 1 is 1.31 bits per heavy atom. The predicted molar refractivity (Wildman–Crippen MR) is 139 cm³/mol. The molecule has 196 valence electrons. The van der Waals surface area contributed by atoms with E-state index in [9.17, 15) is 13.2 Å². The number of hydrazone groups is 1. The third kappa shape index (κ3) is 14.4. The van der Waals surface area contributed by atoms with Crippen LogP contribution in [0.3, 0.4) is 0 Å². The molecule has 1 aliphatic rings. The van der Waals surface area contributed by atoms with E-state index in [1.807, 2.05) is 58.1 Å². The highest BCUT2D eigenvalue weighted by atomic mass is 19.4. The molecule has 7 nitrogen and oxygen atoms in total. The Morgan fingerprint density at radius 3 is 2.46 bits per heavy atom. The van der Waals surface area contributed by atoms with Crippen molar-refractivity contribution < 1.29 is 17.9 Å². The SMILES string of the molecule is C/C(N)=C/N(C)C.CCC(CN/N=C\N)c1ccccc1C(F)(F)F.COC1=CC=CCC(C)=N1. The summed E-state index contributed by atoms with van der Waals surface area (Å²) in [6, 6.07) is 5.61. The summed E-state index contributed by atoms with van der Waals surface area (Å²) in [7, 11) is 5.51. The lowest BCUT2D eigenvalue weighted by Crippen LogP contribution is -2.20. The first-order valence-corrected chi connectivity index (χ1v) is 11.1. The van der Waals surface area contributed by atoms with Gasteiger partial charge in [0, 0.05) is 50.6 Å². The quantitative estimate of drug-likeness (QED) is 0.282. The highest BCUT2D eigenvalue weighted by Gasteiger charge is 2.34. The number of nitrogens with two attached hydrogens (primary N) is 2. The topological polar surface area (TPSA) is 101 Å². The Labute approximate surface area is 207 Å². The molecule has 1 heterocycles. The molecule has 1 aromatic rings. The van der Waals surface area contributed by atoms with E-state index in [4.69, 9.17) is 16.2 Å². The van der Waals surface area contributed by atoms with Crippen molar-refractivity contribution in [1.82, 2.24) is 10.3 Å². The number of nitrogens with one attached hydrogen (secondary N) is 1. The molecule has 0 radical (unpaired) electrons. The Bertz CT molecular complexity index is 883. The van der Waals surface area contributed by atoms with Crippen LogP contribution in [0.5, 0.6) is 0 Å². The van der Waals surface area contributed by atoms with Crippen LogP contribution in [0.15, 0.2) is 70.4 Å². The van der Waals surface area contributed by atoms with Crippen LogP contribution in [0, 0.1) is 0 Å². The molecule has 5 N–H and O–H groups in total. The first-order valence-electron chi connectivity index (χ1n) is 11.1. The standard InChI is InChI=1S/C12H16F3N3.C8H11NO.C5H12N2/c1-2-9(7-17-18-8-16)10-5-3-4-6-11(10)12(13,14)15;1-7-5-3-4-6-8(9-7)10-2;1-5(6)4-7(2)3/h3-6,8-9,17H,2,7H2,1H3,(H2,16,18);3-4,6H,5H2,1-2H3;4H,6H2,1-3H3/b;;5-4-. The van der Waals surface area contributed by atoms with Crippen LogP contribution in [-0.2, 0) is 10.9 Å². The molecule has 0 aliphatic carbocycles. The van der Waals surface area contributed by atoms with Crippen LogP contribution in [-0.4, -0.2) is 44.7 Å². The molecule has 0 fully saturated rings. The Morgan fingerprint density at radius 2 is 1.97 bits per heavy atom. The van der Waals surface area contributed by atoms with Crippen molar-refractivity contribution in [3.05, 3.63) is 71.4 Å². The molecule has 1 aliphatic heterocycles. The fraction of sp³-hybridized carbons (Fsp3) is 0.440. The third-order valence-electron chi connectivity index (χ3n) is 4.46. The monoisotopic (exact) mass is 496 g/mol. The molecule has 1 aromatic carbocycles. The molecule has 0 saturated heterocycles. The van der Waals surface area contributed by atoms with Gasteiger partial charge in [-0.05, 0) is 38.0 Å². The number of ether oxygens (including phenoxy) is 1. The van der Waals surface area contributed by atoms with Crippen molar-refractivity contribution >= 4 is 12.1 Å². The van der Waals surface area contributed by atoms with Gasteiger partial charge in [0.2, 0.25) is 5.88 Å². The van der Waals surface area contributed by atoms with Crippen molar-refractivity contribution in [1.29, 1.82) is 0 Å². The maximum absolute atomic E-state index is 12.9. The number of hydrogen-bond acceptors (Lipinski definition) is 6. The van der Waals surface area contributed by atoms with E-state index in [2.05, 4.69) is 21.6 Å². The molecular formula is C25H39F3N6O. The lowest BCUT2D eigenvalue weighted by molar-refractivity contribution is -0.138. The van der Waals surface area contributed by atoms with Gasteiger partial charge in [0.05, 0.1) is 12.7 Å². The summed E-state index contributed by atoms with van der Waals surface area (Å²) in [4.78, 5) is 6.10. The van der Waals surface area contributed by atoms with Gasteiger partial charge in [0.1, 0.15) is 6.34 Å². The van der Waals surface area contributed by atoms with Gasteiger partial charge in [-0.25, -0.2) is 4.99 Å². The van der Waals surface area contributed by atoms with Crippen LogP contribution in [0.25, 0.3) is 0 Å². The van der Waals surface area contributed by atoms with Crippen LogP contribution in [0.4, 0.5) is 13.2 Å². The van der Waals surface area contributed by atoms with E-state index >= 15 is 0 Å².